The van der Waals surface area contributed by atoms with Crippen LogP contribution in [0, 0.1) is 24.7 Å². The molecule has 14 heavy (non-hydrogen) atoms. The van der Waals surface area contributed by atoms with Gasteiger partial charge in [-0.3, -0.25) is 0 Å². The number of carbonyl (C=O) groups is 1. The molecule has 0 bridgehead atoms. The predicted molar refractivity (Wildman–Crippen MR) is 57.5 cm³/mol. The van der Waals surface area contributed by atoms with Gasteiger partial charge in [0.2, 0.25) is 0 Å². The molecule has 0 fully saturated rings. The number of amides is 2. The van der Waals surface area contributed by atoms with Crippen molar-refractivity contribution >= 4 is 6.03 Å². The summed E-state index contributed by atoms with van der Waals surface area (Å²) in [4.78, 5) is 11.0. The highest BCUT2D eigenvalue weighted by molar-refractivity contribution is 5.73. The van der Waals surface area contributed by atoms with E-state index in [-0.39, 0.29) is 6.03 Å². The first kappa shape index (κ1) is 12.4. The lowest BCUT2D eigenvalue weighted by molar-refractivity contribution is 0.240. The van der Waals surface area contributed by atoms with Gasteiger partial charge in [0, 0.05) is 25.9 Å². The van der Waals surface area contributed by atoms with Crippen LogP contribution in [-0.2, 0) is 0 Å². The van der Waals surface area contributed by atoms with E-state index in [1.54, 1.807) is 0 Å². The fraction of sp³-hybridized carbons (Fsp3) is 0.545. The van der Waals surface area contributed by atoms with Gasteiger partial charge in [-0.25, -0.2) is 4.79 Å². The number of rotatable bonds is 6. The fourth-order valence-electron chi connectivity index (χ4n) is 0.847. The van der Waals surface area contributed by atoms with Crippen molar-refractivity contribution in [2.75, 3.05) is 13.1 Å². The summed E-state index contributed by atoms with van der Waals surface area (Å²) in [6.45, 7) is 1.23. The van der Waals surface area contributed by atoms with Crippen molar-refractivity contribution in [3.63, 3.8) is 0 Å². The zero-order valence-electron chi connectivity index (χ0n) is 8.31. The first-order chi connectivity index (χ1) is 6.81. The van der Waals surface area contributed by atoms with E-state index in [1.165, 1.54) is 0 Å². The van der Waals surface area contributed by atoms with E-state index in [4.69, 9.17) is 12.8 Å². The molecule has 0 aliphatic rings. The first-order valence-electron chi connectivity index (χ1n) is 4.70. The summed E-state index contributed by atoms with van der Waals surface area (Å²) in [5, 5.41) is 5.39. The topological polar surface area (TPSA) is 41.1 Å². The van der Waals surface area contributed by atoms with Crippen molar-refractivity contribution in [1.29, 1.82) is 0 Å². The molecule has 3 heteroatoms. The van der Waals surface area contributed by atoms with Gasteiger partial charge in [0.25, 0.3) is 0 Å². The van der Waals surface area contributed by atoms with Crippen LogP contribution in [0.3, 0.4) is 0 Å². The van der Waals surface area contributed by atoms with Crippen LogP contribution in [0.2, 0.25) is 0 Å². The normalized spacial score (nSPS) is 8.43. The summed E-state index contributed by atoms with van der Waals surface area (Å²) < 4.78 is 0. The van der Waals surface area contributed by atoms with Crippen LogP contribution in [-0.4, -0.2) is 19.1 Å². The Kier molecular flexibility index (Phi) is 8.39. The zero-order chi connectivity index (χ0) is 10.6. The Morgan fingerprint density at radius 1 is 1.00 bits per heavy atom. The van der Waals surface area contributed by atoms with Gasteiger partial charge < -0.3 is 10.6 Å². The van der Waals surface area contributed by atoms with E-state index >= 15 is 0 Å². The minimum Gasteiger partial charge on any atom is -0.338 e. The maximum Gasteiger partial charge on any atom is 0.314 e. The van der Waals surface area contributed by atoms with Crippen molar-refractivity contribution in [3.8, 4) is 24.7 Å². The van der Waals surface area contributed by atoms with Gasteiger partial charge in [-0.1, -0.05) is 0 Å². The monoisotopic (exact) mass is 192 g/mol. The van der Waals surface area contributed by atoms with Crippen LogP contribution in [0.4, 0.5) is 4.79 Å². The molecule has 0 heterocycles. The van der Waals surface area contributed by atoms with E-state index in [0.29, 0.717) is 25.9 Å². The van der Waals surface area contributed by atoms with Crippen molar-refractivity contribution in [2.24, 2.45) is 0 Å². The Balaban J connectivity index is 3.21. The van der Waals surface area contributed by atoms with Crippen LogP contribution in [0.5, 0.6) is 0 Å². The Morgan fingerprint density at radius 2 is 1.43 bits per heavy atom. The Hall–Kier alpha value is -1.61. The molecule has 0 radical (unpaired) electrons. The number of terminal acetylenes is 2. The lowest BCUT2D eigenvalue weighted by Crippen LogP contribution is -2.36. The van der Waals surface area contributed by atoms with Crippen LogP contribution >= 0.6 is 0 Å². The molecule has 0 aliphatic carbocycles. The Bertz CT molecular complexity index is 211. The van der Waals surface area contributed by atoms with E-state index in [2.05, 4.69) is 22.5 Å². The predicted octanol–water partition coefficient (Wildman–Crippen LogP) is 1.11. The molecular weight excluding hydrogens is 176 g/mol. The molecule has 0 aromatic heterocycles. The molecule has 0 aromatic rings. The van der Waals surface area contributed by atoms with Gasteiger partial charge >= 0.3 is 6.03 Å². The second-order valence-corrected chi connectivity index (χ2v) is 2.80. The maximum absolute atomic E-state index is 11.0. The number of hydrogen-bond donors (Lipinski definition) is 2. The minimum absolute atomic E-state index is 0.154. The molecule has 0 rings (SSSR count). The van der Waals surface area contributed by atoms with Crippen molar-refractivity contribution < 1.29 is 4.79 Å². The second kappa shape index (κ2) is 9.48. The maximum atomic E-state index is 11.0. The van der Waals surface area contributed by atoms with E-state index < -0.39 is 0 Å². The first-order valence-corrected chi connectivity index (χ1v) is 4.70. The third-order valence-electron chi connectivity index (χ3n) is 1.57. The molecular formula is C11H16N2O. The highest BCUT2D eigenvalue weighted by Gasteiger charge is 1.96. The summed E-state index contributed by atoms with van der Waals surface area (Å²) in [6, 6.07) is -0.154. The molecule has 0 atom stereocenters. The summed E-state index contributed by atoms with van der Waals surface area (Å²) in [7, 11) is 0. The van der Waals surface area contributed by atoms with Crippen molar-refractivity contribution in [3.05, 3.63) is 0 Å². The third kappa shape index (κ3) is 8.49. The summed E-state index contributed by atoms with van der Waals surface area (Å²) in [5.41, 5.74) is 0. The van der Waals surface area contributed by atoms with Crippen LogP contribution < -0.4 is 10.6 Å². The fourth-order valence-corrected chi connectivity index (χ4v) is 0.847. The quantitative estimate of drug-likeness (QED) is 0.480. The van der Waals surface area contributed by atoms with E-state index in [0.717, 1.165) is 12.8 Å². The summed E-state index contributed by atoms with van der Waals surface area (Å²) in [5.74, 6) is 5.01. The number of urea groups is 1. The Labute approximate surface area is 85.6 Å². The summed E-state index contributed by atoms with van der Waals surface area (Å²) >= 11 is 0. The van der Waals surface area contributed by atoms with Crippen molar-refractivity contribution in [1.82, 2.24) is 10.6 Å². The van der Waals surface area contributed by atoms with Gasteiger partial charge in [-0.2, -0.15) is 0 Å². The molecule has 0 aliphatic heterocycles. The molecule has 0 unspecified atom stereocenters. The van der Waals surface area contributed by atoms with Crippen LogP contribution in [0.25, 0.3) is 0 Å². The lowest BCUT2D eigenvalue weighted by Gasteiger charge is -2.05. The number of carbonyl (C=O) groups excluding carboxylic acids is 1. The zero-order valence-corrected chi connectivity index (χ0v) is 8.31. The molecule has 0 saturated heterocycles. The van der Waals surface area contributed by atoms with E-state index in [1.807, 2.05) is 0 Å². The van der Waals surface area contributed by atoms with Crippen molar-refractivity contribution in [2.45, 2.75) is 25.7 Å². The molecule has 3 nitrogen and oxygen atoms in total. The number of hydrogen-bond acceptors (Lipinski definition) is 1. The largest absolute Gasteiger partial charge is 0.338 e. The SMILES string of the molecule is C#CCCCNC(=O)NCCCC#C. The highest BCUT2D eigenvalue weighted by atomic mass is 16.2. The standard InChI is InChI=1S/C11H16N2O/c1-3-5-7-9-12-11(14)13-10-8-6-4-2/h1-2H,5-10H2,(H2,12,13,14). The van der Waals surface area contributed by atoms with E-state index in [9.17, 15) is 4.79 Å². The van der Waals surface area contributed by atoms with Gasteiger partial charge in [-0.15, -0.1) is 24.7 Å². The number of nitrogens with one attached hydrogen (secondary N) is 2. The van der Waals surface area contributed by atoms with Gasteiger partial charge in [0.15, 0.2) is 0 Å². The smallest absolute Gasteiger partial charge is 0.314 e. The highest BCUT2D eigenvalue weighted by Crippen LogP contribution is 1.84. The second-order valence-electron chi connectivity index (χ2n) is 2.80. The van der Waals surface area contributed by atoms with Gasteiger partial charge in [0.1, 0.15) is 0 Å². The molecule has 2 N–H and O–H groups in total. The summed E-state index contributed by atoms with van der Waals surface area (Å²) in [6.07, 6.45) is 13.1. The van der Waals surface area contributed by atoms with Crippen LogP contribution in [0.15, 0.2) is 0 Å². The van der Waals surface area contributed by atoms with Gasteiger partial charge in [0.05, 0.1) is 0 Å². The molecule has 76 valence electrons. The molecule has 0 saturated carbocycles. The number of unbranched alkanes of at least 4 members (excludes halogenated alkanes) is 2. The lowest BCUT2D eigenvalue weighted by atomic mass is 10.3. The van der Waals surface area contributed by atoms with Crippen LogP contribution in [0.1, 0.15) is 25.7 Å². The molecule has 0 aromatic carbocycles. The Morgan fingerprint density at radius 3 is 1.79 bits per heavy atom. The van der Waals surface area contributed by atoms with Gasteiger partial charge in [-0.05, 0) is 12.8 Å². The average Bonchev–Trinajstić information content (AvgIpc) is 2.19. The third-order valence-corrected chi connectivity index (χ3v) is 1.57. The minimum atomic E-state index is -0.154. The molecule has 0 spiro atoms. The average molecular weight is 192 g/mol. The molecule has 2 amide bonds.